The summed E-state index contributed by atoms with van der Waals surface area (Å²) in [5.74, 6) is 0.462. The highest BCUT2D eigenvalue weighted by Gasteiger charge is 2.12. The monoisotopic (exact) mass is 264 g/mol. The first-order valence-corrected chi connectivity index (χ1v) is 7.82. The topological polar surface area (TPSA) is 45.8 Å². The largest absolute Gasteiger partial charge is 0.313 e. The minimum Gasteiger partial charge on any atom is -0.313 e. The number of H-pyrrole nitrogens is 1. The zero-order valence-corrected chi connectivity index (χ0v) is 12.5. The molecular weight excluding hydrogens is 236 g/mol. The molecule has 19 heavy (non-hydrogen) atoms. The van der Waals surface area contributed by atoms with Crippen molar-refractivity contribution in [3.63, 3.8) is 0 Å². The fourth-order valence-electron chi connectivity index (χ4n) is 2.49. The van der Waals surface area contributed by atoms with Crippen LogP contribution in [0, 0.1) is 0 Å². The molecule has 0 fully saturated rings. The molecule has 0 spiro atoms. The van der Waals surface area contributed by atoms with Crippen LogP contribution in [0.5, 0.6) is 0 Å². The van der Waals surface area contributed by atoms with Crippen molar-refractivity contribution in [3.05, 3.63) is 28.4 Å². The lowest BCUT2D eigenvalue weighted by Gasteiger charge is -2.15. The van der Waals surface area contributed by atoms with Crippen molar-refractivity contribution in [1.29, 1.82) is 0 Å². The molecule has 1 heterocycles. The minimum atomic E-state index is -0.0301. The van der Waals surface area contributed by atoms with Crippen LogP contribution in [0.4, 0.5) is 0 Å². The van der Waals surface area contributed by atoms with Crippen LogP contribution in [0.25, 0.3) is 0 Å². The summed E-state index contributed by atoms with van der Waals surface area (Å²) in [6.07, 6.45) is 12.8. The van der Waals surface area contributed by atoms with Crippen molar-refractivity contribution in [2.75, 3.05) is 0 Å². The van der Waals surface area contributed by atoms with Crippen molar-refractivity contribution in [1.82, 2.24) is 9.97 Å². The first-order valence-electron chi connectivity index (χ1n) is 7.82. The van der Waals surface area contributed by atoms with Crippen molar-refractivity contribution >= 4 is 0 Å². The van der Waals surface area contributed by atoms with E-state index in [0.29, 0.717) is 5.92 Å². The van der Waals surface area contributed by atoms with Crippen molar-refractivity contribution < 1.29 is 0 Å². The molecule has 0 saturated heterocycles. The normalized spacial score (nSPS) is 12.5. The molecule has 108 valence electrons. The Kier molecular flexibility index (Phi) is 8.19. The third-order valence-electron chi connectivity index (χ3n) is 3.68. The molecule has 1 aromatic rings. The van der Waals surface area contributed by atoms with E-state index in [4.69, 9.17) is 0 Å². The van der Waals surface area contributed by atoms with Gasteiger partial charge in [-0.15, -0.1) is 0 Å². The van der Waals surface area contributed by atoms with Crippen molar-refractivity contribution in [3.8, 4) is 0 Å². The number of aromatic amines is 1. The van der Waals surface area contributed by atoms with E-state index in [1.54, 1.807) is 6.07 Å². The van der Waals surface area contributed by atoms with Crippen LogP contribution in [-0.2, 0) is 0 Å². The van der Waals surface area contributed by atoms with E-state index >= 15 is 0 Å². The lowest BCUT2D eigenvalue weighted by molar-refractivity contribution is 0.495. The molecule has 0 aliphatic rings. The van der Waals surface area contributed by atoms with Gasteiger partial charge in [0.25, 0.3) is 5.56 Å². The van der Waals surface area contributed by atoms with Gasteiger partial charge < -0.3 is 4.98 Å². The van der Waals surface area contributed by atoms with Gasteiger partial charge >= 0.3 is 0 Å². The van der Waals surface area contributed by atoms with Gasteiger partial charge in [0.2, 0.25) is 0 Å². The summed E-state index contributed by atoms with van der Waals surface area (Å²) in [7, 11) is 0. The SMILES string of the molecule is CCCCCCCC(CCCC)c1cc(=O)[nH]cn1. The molecule has 0 aliphatic carbocycles. The molecule has 1 aromatic heterocycles. The van der Waals surface area contributed by atoms with Gasteiger partial charge in [0.15, 0.2) is 0 Å². The molecule has 0 saturated carbocycles. The summed E-state index contributed by atoms with van der Waals surface area (Å²) >= 11 is 0. The maximum atomic E-state index is 11.4. The molecule has 0 radical (unpaired) electrons. The third-order valence-corrected chi connectivity index (χ3v) is 3.68. The van der Waals surface area contributed by atoms with Gasteiger partial charge in [-0.1, -0.05) is 58.8 Å². The van der Waals surface area contributed by atoms with Gasteiger partial charge in [-0.05, 0) is 12.8 Å². The average Bonchev–Trinajstić information content (AvgIpc) is 2.42. The maximum Gasteiger partial charge on any atom is 0.250 e. The smallest absolute Gasteiger partial charge is 0.250 e. The predicted molar refractivity (Wildman–Crippen MR) is 80.5 cm³/mol. The fourth-order valence-corrected chi connectivity index (χ4v) is 2.49. The summed E-state index contributed by atoms with van der Waals surface area (Å²) in [6, 6.07) is 1.67. The highest BCUT2D eigenvalue weighted by Crippen LogP contribution is 2.25. The zero-order chi connectivity index (χ0) is 13.9. The Balaban J connectivity index is 2.49. The van der Waals surface area contributed by atoms with E-state index in [1.165, 1.54) is 57.7 Å². The molecule has 0 aromatic carbocycles. The second-order valence-electron chi connectivity index (χ2n) is 5.38. The van der Waals surface area contributed by atoms with Crippen LogP contribution in [0.15, 0.2) is 17.2 Å². The first-order chi connectivity index (χ1) is 9.27. The molecule has 0 amide bonds. The first kappa shape index (κ1) is 15.9. The highest BCUT2D eigenvalue weighted by molar-refractivity contribution is 5.05. The lowest BCUT2D eigenvalue weighted by Crippen LogP contribution is -2.10. The van der Waals surface area contributed by atoms with E-state index in [2.05, 4.69) is 23.8 Å². The number of aromatic nitrogens is 2. The molecule has 1 atom stereocenters. The van der Waals surface area contributed by atoms with E-state index in [9.17, 15) is 4.79 Å². The van der Waals surface area contributed by atoms with Gasteiger partial charge in [-0.3, -0.25) is 4.79 Å². The van der Waals surface area contributed by atoms with Gasteiger partial charge in [0, 0.05) is 12.0 Å². The molecule has 3 nitrogen and oxygen atoms in total. The summed E-state index contributed by atoms with van der Waals surface area (Å²) < 4.78 is 0. The summed E-state index contributed by atoms with van der Waals surface area (Å²) in [5, 5.41) is 0. The van der Waals surface area contributed by atoms with E-state index in [0.717, 1.165) is 12.1 Å². The van der Waals surface area contributed by atoms with Crippen LogP contribution in [0.3, 0.4) is 0 Å². The Morgan fingerprint density at radius 1 is 1.05 bits per heavy atom. The average molecular weight is 264 g/mol. The number of hydrogen-bond acceptors (Lipinski definition) is 2. The standard InChI is InChI=1S/C16H28N2O/c1-3-5-7-8-9-11-14(10-6-4-2)15-12-16(19)18-13-17-15/h12-14H,3-11H2,1-2H3,(H,17,18,19). The zero-order valence-electron chi connectivity index (χ0n) is 12.5. The Morgan fingerprint density at radius 3 is 2.42 bits per heavy atom. The van der Waals surface area contributed by atoms with Crippen LogP contribution < -0.4 is 5.56 Å². The van der Waals surface area contributed by atoms with Gasteiger partial charge in [0.05, 0.1) is 12.0 Å². The van der Waals surface area contributed by atoms with E-state index in [-0.39, 0.29) is 5.56 Å². The van der Waals surface area contributed by atoms with Crippen molar-refractivity contribution in [2.24, 2.45) is 0 Å². The summed E-state index contributed by atoms with van der Waals surface area (Å²) in [4.78, 5) is 18.3. The number of rotatable bonds is 10. The molecule has 1 unspecified atom stereocenters. The molecule has 0 bridgehead atoms. The molecular formula is C16H28N2O. The predicted octanol–water partition coefficient (Wildman–Crippen LogP) is 4.40. The molecule has 1 N–H and O–H groups in total. The van der Waals surface area contributed by atoms with Crippen LogP contribution in [0.2, 0.25) is 0 Å². The molecule has 0 aliphatic heterocycles. The second kappa shape index (κ2) is 9.76. The van der Waals surface area contributed by atoms with Gasteiger partial charge in [-0.2, -0.15) is 0 Å². The van der Waals surface area contributed by atoms with E-state index < -0.39 is 0 Å². The summed E-state index contributed by atoms with van der Waals surface area (Å²) in [5.41, 5.74) is 0.949. The van der Waals surface area contributed by atoms with E-state index in [1.807, 2.05) is 0 Å². The summed E-state index contributed by atoms with van der Waals surface area (Å²) in [6.45, 7) is 4.45. The Bertz CT molecular complexity index is 386. The number of unbranched alkanes of at least 4 members (excludes halogenated alkanes) is 5. The van der Waals surface area contributed by atoms with Gasteiger partial charge in [-0.25, -0.2) is 4.98 Å². The fraction of sp³-hybridized carbons (Fsp3) is 0.750. The third kappa shape index (κ3) is 6.55. The number of nitrogens with zero attached hydrogens (tertiary/aromatic N) is 1. The lowest BCUT2D eigenvalue weighted by atomic mass is 9.92. The second-order valence-corrected chi connectivity index (χ2v) is 5.38. The molecule has 3 heteroatoms. The Hall–Kier alpha value is -1.12. The number of nitrogens with one attached hydrogen (secondary N) is 1. The maximum absolute atomic E-state index is 11.4. The Labute approximate surface area is 116 Å². The highest BCUT2D eigenvalue weighted by atomic mass is 16.1. The van der Waals surface area contributed by atoms with Crippen LogP contribution in [0.1, 0.15) is 83.2 Å². The Morgan fingerprint density at radius 2 is 1.74 bits per heavy atom. The quantitative estimate of drug-likeness (QED) is 0.636. The van der Waals surface area contributed by atoms with Crippen molar-refractivity contribution in [2.45, 2.75) is 77.6 Å². The van der Waals surface area contributed by atoms with Gasteiger partial charge in [0.1, 0.15) is 0 Å². The van der Waals surface area contributed by atoms with Crippen LogP contribution >= 0.6 is 0 Å². The number of hydrogen-bond donors (Lipinski definition) is 1. The molecule has 1 rings (SSSR count). The minimum absolute atomic E-state index is 0.0301. The van der Waals surface area contributed by atoms with Crippen LogP contribution in [-0.4, -0.2) is 9.97 Å².